The van der Waals surface area contributed by atoms with Crippen LogP contribution in [0, 0.1) is 0 Å². The first kappa shape index (κ1) is 20.2. The van der Waals surface area contributed by atoms with Gasteiger partial charge in [-0.3, -0.25) is 4.79 Å². The van der Waals surface area contributed by atoms with Gasteiger partial charge in [0.25, 0.3) is 5.91 Å². The first-order chi connectivity index (χ1) is 14.4. The number of carbonyl (C=O) groups excluding carboxylic acids is 1. The highest BCUT2D eigenvalue weighted by atomic mass is 32.2. The second-order valence-electron chi connectivity index (χ2n) is 7.05. The summed E-state index contributed by atoms with van der Waals surface area (Å²) in [7, 11) is -1.69. The Labute approximate surface area is 175 Å². The van der Waals surface area contributed by atoms with Gasteiger partial charge >= 0.3 is 0 Å². The molecule has 1 fully saturated rings. The Kier molecular flexibility index (Phi) is 5.62. The Hall–Kier alpha value is -3.08. The lowest BCUT2D eigenvalue weighted by Gasteiger charge is -2.31. The zero-order valence-corrected chi connectivity index (χ0v) is 17.3. The molecule has 0 atom stereocenters. The van der Waals surface area contributed by atoms with Crippen LogP contribution in [0.2, 0.25) is 0 Å². The van der Waals surface area contributed by atoms with Gasteiger partial charge in [0, 0.05) is 31.7 Å². The molecule has 30 heavy (non-hydrogen) atoms. The Bertz CT molecular complexity index is 1140. The predicted octanol–water partition coefficient (Wildman–Crippen LogP) is 1.46. The minimum absolute atomic E-state index is 0.115. The topological polar surface area (TPSA) is 100 Å². The third kappa shape index (κ3) is 4.11. The highest BCUT2D eigenvalue weighted by Gasteiger charge is 2.28. The number of nitrogens with zero attached hydrogens (tertiary/aromatic N) is 5. The van der Waals surface area contributed by atoms with E-state index in [4.69, 9.17) is 0 Å². The maximum atomic E-state index is 13.0. The van der Waals surface area contributed by atoms with Crippen LogP contribution in [0.3, 0.4) is 0 Å². The minimum Gasteiger partial charge on any atom is -0.320 e. The normalized spacial score (nSPS) is 15.8. The molecule has 0 saturated carbocycles. The fourth-order valence-corrected chi connectivity index (χ4v) is 4.75. The lowest BCUT2D eigenvalue weighted by atomic mass is 10.2. The lowest BCUT2D eigenvalue weighted by Crippen LogP contribution is -2.47. The van der Waals surface area contributed by atoms with Crippen molar-refractivity contribution >= 4 is 21.6 Å². The highest BCUT2D eigenvalue weighted by Crippen LogP contribution is 2.22. The third-order valence-electron chi connectivity index (χ3n) is 5.01. The van der Waals surface area contributed by atoms with Crippen molar-refractivity contribution in [3.8, 4) is 5.69 Å². The van der Waals surface area contributed by atoms with Gasteiger partial charge in [0.05, 0.1) is 16.3 Å². The van der Waals surface area contributed by atoms with Crippen molar-refractivity contribution in [1.82, 2.24) is 24.0 Å². The molecule has 156 valence electrons. The average Bonchev–Trinajstić information content (AvgIpc) is 3.29. The molecule has 4 rings (SSSR count). The van der Waals surface area contributed by atoms with E-state index in [0.29, 0.717) is 37.6 Å². The second-order valence-corrected chi connectivity index (χ2v) is 8.98. The second kappa shape index (κ2) is 8.34. The van der Waals surface area contributed by atoms with Crippen LogP contribution in [-0.2, 0) is 10.0 Å². The Morgan fingerprint density at radius 3 is 2.53 bits per heavy atom. The van der Waals surface area contributed by atoms with Crippen LogP contribution in [0.4, 0.5) is 5.69 Å². The number of amides is 1. The lowest BCUT2D eigenvalue weighted by molar-refractivity contribution is 0.102. The molecule has 0 aliphatic carbocycles. The molecule has 1 N–H and O–H groups in total. The number of nitrogens with one attached hydrogen (secondary N) is 1. The summed E-state index contributed by atoms with van der Waals surface area (Å²) in [6.07, 6.45) is 2.94. The van der Waals surface area contributed by atoms with Crippen molar-refractivity contribution < 1.29 is 13.2 Å². The van der Waals surface area contributed by atoms with Gasteiger partial charge in [0.1, 0.15) is 12.7 Å². The molecule has 1 saturated heterocycles. The van der Waals surface area contributed by atoms with E-state index in [1.54, 1.807) is 35.0 Å². The number of likely N-dealkylation sites (N-methyl/N-ethyl adjacent to an activating group) is 1. The van der Waals surface area contributed by atoms with Gasteiger partial charge in [-0.1, -0.05) is 18.2 Å². The standard InChI is InChI=1S/C20H22N6O3S/c1-24-9-11-25(12-10-24)30(28,29)17-6-4-5-16(13-17)20(27)23-18-7-2-3-8-19(18)26-15-21-14-22-26/h2-8,13-15H,9-12H2,1H3,(H,23,27). The van der Waals surface area contributed by atoms with Crippen LogP contribution in [0.5, 0.6) is 0 Å². The van der Waals surface area contributed by atoms with E-state index in [-0.39, 0.29) is 10.5 Å². The van der Waals surface area contributed by atoms with Gasteiger partial charge < -0.3 is 10.2 Å². The van der Waals surface area contributed by atoms with Crippen LogP contribution >= 0.6 is 0 Å². The first-order valence-corrected chi connectivity index (χ1v) is 10.9. The van der Waals surface area contributed by atoms with Crippen molar-refractivity contribution in [3.05, 3.63) is 66.7 Å². The summed E-state index contributed by atoms with van der Waals surface area (Å²) < 4.78 is 29.0. The van der Waals surface area contributed by atoms with Crippen LogP contribution in [-0.4, -0.2) is 71.5 Å². The van der Waals surface area contributed by atoms with E-state index in [9.17, 15) is 13.2 Å². The van der Waals surface area contributed by atoms with E-state index >= 15 is 0 Å². The molecule has 0 bridgehead atoms. The fraction of sp³-hybridized carbons (Fsp3) is 0.250. The van der Waals surface area contributed by atoms with Crippen molar-refractivity contribution in [2.24, 2.45) is 0 Å². The SMILES string of the molecule is CN1CCN(S(=O)(=O)c2cccc(C(=O)Nc3ccccc3-n3cncn3)c2)CC1. The highest BCUT2D eigenvalue weighted by molar-refractivity contribution is 7.89. The molecule has 1 amide bonds. The number of benzene rings is 2. The monoisotopic (exact) mass is 426 g/mol. The van der Waals surface area contributed by atoms with Gasteiger partial charge in [0.2, 0.25) is 10.0 Å². The quantitative estimate of drug-likeness (QED) is 0.663. The number of aromatic nitrogens is 3. The number of hydrogen-bond acceptors (Lipinski definition) is 6. The summed E-state index contributed by atoms with van der Waals surface area (Å²) in [6, 6.07) is 13.3. The van der Waals surface area contributed by atoms with Gasteiger partial charge in [0.15, 0.2) is 0 Å². The molecular formula is C20H22N6O3S. The van der Waals surface area contributed by atoms with Gasteiger partial charge in [-0.15, -0.1) is 0 Å². The largest absolute Gasteiger partial charge is 0.320 e. The third-order valence-corrected chi connectivity index (χ3v) is 6.91. The summed E-state index contributed by atoms with van der Waals surface area (Å²) in [5, 5.41) is 6.93. The van der Waals surface area contributed by atoms with Crippen LogP contribution in [0.1, 0.15) is 10.4 Å². The van der Waals surface area contributed by atoms with Gasteiger partial charge in [-0.2, -0.15) is 9.40 Å². The zero-order valence-electron chi connectivity index (χ0n) is 16.5. The molecular weight excluding hydrogens is 404 g/mol. The summed E-state index contributed by atoms with van der Waals surface area (Å²) in [4.78, 5) is 19.0. The molecule has 1 aliphatic heterocycles. The molecule has 0 unspecified atom stereocenters. The van der Waals surface area contributed by atoms with E-state index < -0.39 is 15.9 Å². The maximum absolute atomic E-state index is 13.0. The number of sulfonamides is 1. The van der Waals surface area contributed by atoms with Crippen LogP contribution in [0.25, 0.3) is 5.69 Å². The minimum atomic E-state index is -3.65. The Balaban J connectivity index is 1.57. The summed E-state index contributed by atoms with van der Waals surface area (Å²) >= 11 is 0. The molecule has 3 aromatic rings. The number of piperazine rings is 1. The number of hydrogen-bond donors (Lipinski definition) is 1. The number of rotatable bonds is 5. The molecule has 0 spiro atoms. The maximum Gasteiger partial charge on any atom is 0.255 e. The molecule has 1 aromatic heterocycles. The van der Waals surface area contributed by atoms with Gasteiger partial charge in [-0.05, 0) is 37.4 Å². The van der Waals surface area contributed by atoms with E-state index in [1.807, 2.05) is 13.1 Å². The van der Waals surface area contributed by atoms with Crippen LogP contribution < -0.4 is 5.32 Å². The predicted molar refractivity (Wildman–Crippen MR) is 112 cm³/mol. The average molecular weight is 427 g/mol. The molecule has 10 heteroatoms. The van der Waals surface area contributed by atoms with E-state index in [2.05, 4.69) is 20.3 Å². The summed E-state index contributed by atoms with van der Waals surface area (Å²) in [6.45, 7) is 2.22. The van der Waals surface area contributed by atoms with Crippen molar-refractivity contribution in [2.45, 2.75) is 4.90 Å². The number of anilines is 1. The Morgan fingerprint density at radius 2 is 1.80 bits per heavy atom. The van der Waals surface area contributed by atoms with Gasteiger partial charge in [-0.25, -0.2) is 18.1 Å². The number of para-hydroxylation sites is 2. The fourth-order valence-electron chi connectivity index (χ4n) is 3.28. The van der Waals surface area contributed by atoms with Crippen molar-refractivity contribution in [3.63, 3.8) is 0 Å². The van der Waals surface area contributed by atoms with Crippen molar-refractivity contribution in [1.29, 1.82) is 0 Å². The smallest absolute Gasteiger partial charge is 0.255 e. The molecule has 2 aromatic carbocycles. The molecule has 9 nitrogen and oxygen atoms in total. The van der Waals surface area contributed by atoms with E-state index in [1.165, 1.54) is 29.1 Å². The first-order valence-electron chi connectivity index (χ1n) is 9.49. The number of carbonyl (C=O) groups is 1. The Morgan fingerprint density at radius 1 is 1.03 bits per heavy atom. The summed E-state index contributed by atoms with van der Waals surface area (Å²) in [5.41, 5.74) is 1.46. The zero-order chi connectivity index (χ0) is 21.1. The van der Waals surface area contributed by atoms with E-state index in [0.717, 1.165) is 0 Å². The van der Waals surface area contributed by atoms with Crippen LogP contribution in [0.15, 0.2) is 66.1 Å². The molecule has 2 heterocycles. The summed E-state index contributed by atoms with van der Waals surface area (Å²) in [5.74, 6) is -0.405. The van der Waals surface area contributed by atoms with Crippen molar-refractivity contribution in [2.75, 3.05) is 38.5 Å². The molecule has 1 aliphatic rings. The molecule has 0 radical (unpaired) electrons.